The Morgan fingerprint density at radius 3 is 2.33 bits per heavy atom. The molecule has 30 heavy (non-hydrogen) atoms. The van der Waals surface area contributed by atoms with E-state index in [9.17, 15) is 0 Å². The minimum absolute atomic E-state index is 0.753. The molecule has 0 aliphatic carbocycles. The number of aromatic nitrogens is 2. The third kappa shape index (κ3) is 3.97. The van der Waals surface area contributed by atoms with E-state index < -0.39 is 0 Å². The summed E-state index contributed by atoms with van der Waals surface area (Å²) in [5.41, 5.74) is 2.54. The van der Waals surface area contributed by atoms with Crippen molar-refractivity contribution in [2.75, 3.05) is 18.0 Å². The fourth-order valence-electron chi connectivity index (χ4n) is 4.38. The molecule has 2 aromatic heterocycles. The molecule has 0 radical (unpaired) electrons. The standard InChI is InChI=1S/C26H27N3S/c1-2-22-18-23-25(27-24(28-26(23)30-22)21-11-7-4-8-12-21)29-15-13-20(14-16-29)17-19-9-5-3-6-10-19/h3-12,18,20H,2,13-17H2,1H3. The van der Waals surface area contributed by atoms with Crippen LogP contribution in [-0.4, -0.2) is 23.1 Å². The monoisotopic (exact) mass is 413 g/mol. The van der Waals surface area contributed by atoms with Gasteiger partial charge in [0.05, 0.1) is 5.39 Å². The molecule has 0 bridgehead atoms. The average molecular weight is 414 g/mol. The van der Waals surface area contributed by atoms with Gasteiger partial charge in [-0.05, 0) is 43.2 Å². The highest BCUT2D eigenvalue weighted by atomic mass is 32.1. The fraction of sp³-hybridized carbons (Fsp3) is 0.308. The molecule has 0 saturated carbocycles. The van der Waals surface area contributed by atoms with Crippen molar-refractivity contribution < 1.29 is 0 Å². The Balaban J connectivity index is 1.42. The van der Waals surface area contributed by atoms with E-state index in [-0.39, 0.29) is 0 Å². The maximum Gasteiger partial charge on any atom is 0.163 e. The van der Waals surface area contributed by atoms with Gasteiger partial charge >= 0.3 is 0 Å². The summed E-state index contributed by atoms with van der Waals surface area (Å²) in [5, 5.41) is 1.22. The molecule has 1 fully saturated rings. The highest BCUT2D eigenvalue weighted by molar-refractivity contribution is 7.18. The molecule has 4 aromatic rings. The van der Waals surface area contributed by atoms with Crippen LogP contribution < -0.4 is 4.90 Å². The van der Waals surface area contributed by atoms with Gasteiger partial charge in [-0.25, -0.2) is 9.97 Å². The Bertz CT molecular complexity index is 1110. The SMILES string of the molecule is CCc1cc2c(N3CCC(Cc4ccccc4)CC3)nc(-c3ccccc3)nc2s1. The number of nitrogens with zero attached hydrogens (tertiary/aromatic N) is 3. The summed E-state index contributed by atoms with van der Waals surface area (Å²) >= 11 is 1.81. The lowest BCUT2D eigenvalue weighted by molar-refractivity contribution is 0.403. The van der Waals surface area contributed by atoms with Crippen LogP contribution in [0.15, 0.2) is 66.7 Å². The third-order valence-corrected chi connectivity index (χ3v) is 7.26. The van der Waals surface area contributed by atoms with Crippen LogP contribution in [0.5, 0.6) is 0 Å². The summed E-state index contributed by atoms with van der Waals surface area (Å²) in [4.78, 5) is 15.0. The van der Waals surface area contributed by atoms with Crippen LogP contribution in [0.4, 0.5) is 5.82 Å². The molecule has 0 spiro atoms. The van der Waals surface area contributed by atoms with Gasteiger partial charge in [0, 0.05) is 23.5 Å². The minimum Gasteiger partial charge on any atom is -0.356 e. The van der Waals surface area contributed by atoms with E-state index in [1.165, 1.54) is 35.1 Å². The summed E-state index contributed by atoms with van der Waals surface area (Å²) in [6, 6.07) is 23.6. The molecule has 1 aliphatic heterocycles. The highest BCUT2D eigenvalue weighted by Crippen LogP contribution is 2.35. The van der Waals surface area contributed by atoms with E-state index in [1.807, 2.05) is 17.4 Å². The first kappa shape index (κ1) is 19.3. The maximum atomic E-state index is 5.07. The molecule has 0 amide bonds. The molecule has 5 rings (SSSR count). The Hall–Kier alpha value is -2.72. The van der Waals surface area contributed by atoms with Crippen molar-refractivity contribution in [3.8, 4) is 11.4 Å². The van der Waals surface area contributed by atoms with Gasteiger partial charge in [-0.1, -0.05) is 67.6 Å². The van der Waals surface area contributed by atoms with E-state index >= 15 is 0 Å². The van der Waals surface area contributed by atoms with E-state index in [1.54, 1.807) is 0 Å². The van der Waals surface area contributed by atoms with Gasteiger partial charge in [-0.2, -0.15) is 0 Å². The molecular formula is C26H27N3S. The predicted octanol–water partition coefficient (Wildman–Crippen LogP) is 6.38. The molecule has 3 nitrogen and oxygen atoms in total. The average Bonchev–Trinajstić information content (AvgIpc) is 3.24. The number of aryl methyl sites for hydroxylation is 1. The predicted molar refractivity (Wildman–Crippen MR) is 127 cm³/mol. The summed E-state index contributed by atoms with van der Waals surface area (Å²) in [7, 11) is 0. The summed E-state index contributed by atoms with van der Waals surface area (Å²) in [6.45, 7) is 4.34. The lowest BCUT2D eigenvalue weighted by Gasteiger charge is -2.33. The van der Waals surface area contributed by atoms with Crippen molar-refractivity contribution in [3.05, 3.63) is 77.2 Å². The maximum absolute atomic E-state index is 5.07. The van der Waals surface area contributed by atoms with Gasteiger partial charge in [0.15, 0.2) is 5.82 Å². The van der Waals surface area contributed by atoms with Gasteiger partial charge in [0.25, 0.3) is 0 Å². The zero-order valence-corrected chi connectivity index (χ0v) is 18.2. The zero-order chi connectivity index (χ0) is 20.3. The van der Waals surface area contributed by atoms with Crippen molar-refractivity contribution >= 4 is 27.4 Å². The molecule has 0 N–H and O–H groups in total. The van der Waals surface area contributed by atoms with Crippen LogP contribution >= 0.6 is 11.3 Å². The van der Waals surface area contributed by atoms with E-state index in [0.29, 0.717) is 0 Å². The van der Waals surface area contributed by atoms with Gasteiger partial charge in [-0.15, -0.1) is 11.3 Å². The van der Waals surface area contributed by atoms with Crippen LogP contribution in [0.2, 0.25) is 0 Å². The number of hydrogen-bond acceptors (Lipinski definition) is 4. The number of rotatable bonds is 5. The first-order valence-electron chi connectivity index (χ1n) is 10.9. The Morgan fingerprint density at radius 2 is 1.63 bits per heavy atom. The molecule has 3 heterocycles. The highest BCUT2D eigenvalue weighted by Gasteiger charge is 2.23. The van der Waals surface area contributed by atoms with Crippen LogP contribution in [-0.2, 0) is 12.8 Å². The molecular weight excluding hydrogens is 386 g/mol. The number of hydrogen-bond donors (Lipinski definition) is 0. The molecule has 0 atom stereocenters. The Labute approximate surface area is 182 Å². The van der Waals surface area contributed by atoms with Gasteiger partial charge in [0.2, 0.25) is 0 Å². The summed E-state index contributed by atoms with van der Waals surface area (Å²) in [5.74, 6) is 2.71. The lowest BCUT2D eigenvalue weighted by Crippen LogP contribution is -2.35. The number of thiophene rings is 1. The zero-order valence-electron chi connectivity index (χ0n) is 17.4. The topological polar surface area (TPSA) is 29.0 Å². The largest absolute Gasteiger partial charge is 0.356 e. The Morgan fingerprint density at radius 1 is 0.933 bits per heavy atom. The molecule has 1 saturated heterocycles. The number of fused-ring (bicyclic) bond motifs is 1. The second-order valence-electron chi connectivity index (χ2n) is 8.14. The van der Waals surface area contributed by atoms with Crippen LogP contribution in [0.25, 0.3) is 21.6 Å². The van der Waals surface area contributed by atoms with Crippen molar-refractivity contribution in [1.82, 2.24) is 9.97 Å². The van der Waals surface area contributed by atoms with E-state index in [2.05, 4.69) is 72.5 Å². The van der Waals surface area contributed by atoms with Crippen LogP contribution in [0.1, 0.15) is 30.2 Å². The fourth-order valence-corrected chi connectivity index (χ4v) is 5.35. The van der Waals surface area contributed by atoms with E-state index in [4.69, 9.17) is 9.97 Å². The molecule has 4 heteroatoms. The lowest BCUT2D eigenvalue weighted by atomic mass is 9.90. The Kier molecular flexibility index (Phi) is 5.50. The summed E-state index contributed by atoms with van der Waals surface area (Å²) in [6.07, 6.45) is 4.65. The molecule has 152 valence electrons. The van der Waals surface area contributed by atoms with Crippen molar-refractivity contribution in [1.29, 1.82) is 0 Å². The third-order valence-electron chi connectivity index (χ3n) is 6.09. The number of anilines is 1. The van der Waals surface area contributed by atoms with Crippen LogP contribution in [0, 0.1) is 5.92 Å². The van der Waals surface area contributed by atoms with Gasteiger partial charge in [0.1, 0.15) is 10.6 Å². The number of piperidine rings is 1. The first-order valence-corrected chi connectivity index (χ1v) is 11.8. The minimum atomic E-state index is 0.753. The van der Waals surface area contributed by atoms with Crippen molar-refractivity contribution in [3.63, 3.8) is 0 Å². The van der Waals surface area contributed by atoms with E-state index in [0.717, 1.165) is 47.5 Å². The molecule has 0 unspecified atom stereocenters. The van der Waals surface area contributed by atoms with Gasteiger partial charge in [-0.3, -0.25) is 0 Å². The smallest absolute Gasteiger partial charge is 0.163 e. The van der Waals surface area contributed by atoms with Crippen molar-refractivity contribution in [2.45, 2.75) is 32.6 Å². The molecule has 1 aliphatic rings. The molecule has 2 aromatic carbocycles. The van der Waals surface area contributed by atoms with Crippen LogP contribution in [0.3, 0.4) is 0 Å². The first-order chi connectivity index (χ1) is 14.8. The normalized spacial score (nSPS) is 15.0. The van der Waals surface area contributed by atoms with Crippen molar-refractivity contribution in [2.24, 2.45) is 5.92 Å². The van der Waals surface area contributed by atoms with Gasteiger partial charge < -0.3 is 4.90 Å². The second-order valence-corrected chi connectivity index (χ2v) is 9.26. The second kappa shape index (κ2) is 8.57. The summed E-state index contributed by atoms with van der Waals surface area (Å²) < 4.78 is 0. The number of benzene rings is 2. The quantitative estimate of drug-likeness (QED) is 0.380.